The predicted molar refractivity (Wildman–Crippen MR) is 67.7 cm³/mol. The molecule has 1 heterocycles. The molecule has 6 nitrogen and oxygen atoms in total. The van der Waals surface area contributed by atoms with Crippen LogP contribution in [0.15, 0.2) is 0 Å². The van der Waals surface area contributed by atoms with Crippen molar-refractivity contribution < 1.29 is 14.7 Å². The van der Waals surface area contributed by atoms with Crippen LogP contribution in [0.2, 0.25) is 0 Å². The number of likely N-dealkylation sites (N-methyl/N-ethyl adjacent to an activating group) is 1. The first-order valence-corrected chi connectivity index (χ1v) is 6.26. The van der Waals surface area contributed by atoms with Gasteiger partial charge in [-0.2, -0.15) is 0 Å². The normalized spacial score (nSPS) is 24.3. The predicted octanol–water partition coefficient (Wildman–Crippen LogP) is -0.833. The van der Waals surface area contributed by atoms with Gasteiger partial charge >= 0.3 is 0 Å². The number of carbonyl (C=O) groups excluding carboxylic acids is 2. The van der Waals surface area contributed by atoms with Crippen molar-refractivity contribution in [3.8, 4) is 0 Å². The van der Waals surface area contributed by atoms with Gasteiger partial charge in [0.15, 0.2) is 0 Å². The third-order valence-corrected chi connectivity index (χ3v) is 3.20. The summed E-state index contributed by atoms with van der Waals surface area (Å²) in [5.41, 5.74) is 4.13. The minimum Gasteiger partial charge on any atom is -0.388 e. The molecule has 2 amide bonds. The number of hydrogen-bond donors (Lipinski definition) is 2. The van der Waals surface area contributed by atoms with Crippen molar-refractivity contribution in [3.05, 3.63) is 0 Å². The fourth-order valence-corrected chi connectivity index (χ4v) is 2.26. The largest absolute Gasteiger partial charge is 0.388 e. The van der Waals surface area contributed by atoms with E-state index in [9.17, 15) is 14.7 Å². The van der Waals surface area contributed by atoms with Crippen LogP contribution in [0.1, 0.15) is 25.7 Å². The number of carbonyl (C=O) groups is 2. The van der Waals surface area contributed by atoms with Gasteiger partial charge in [-0.15, -0.1) is 0 Å². The molecule has 0 aliphatic carbocycles. The van der Waals surface area contributed by atoms with Crippen LogP contribution in [0.3, 0.4) is 0 Å². The van der Waals surface area contributed by atoms with E-state index in [1.54, 1.807) is 9.80 Å². The summed E-state index contributed by atoms with van der Waals surface area (Å²) in [6.07, 6.45) is 1.86. The van der Waals surface area contributed by atoms with Crippen molar-refractivity contribution in [1.29, 1.82) is 0 Å². The summed E-state index contributed by atoms with van der Waals surface area (Å²) in [6, 6.07) is 0. The molecular weight excluding hydrogens is 234 g/mol. The molecule has 0 saturated carbocycles. The van der Waals surface area contributed by atoms with Crippen molar-refractivity contribution in [2.24, 2.45) is 5.73 Å². The molecule has 1 rings (SSSR count). The van der Waals surface area contributed by atoms with Crippen LogP contribution in [0.5, 0.6) is 0 Å². The lowest BCUT2D eigenvalue weighted by Crippen LogP contribution is -2.52. The second-order valence-electron chi connectivity index (χ2n) is 5.35. The lowest BCUT2D eigenvalue weighted by atomic mass is 9.88. The quantitative estimate of drug-likeness (QED) is 0.673. The Morgan fingerprint density at radius 3 is 2.67 bits per heavy atom. The zero-order valence-corrected chi connectivity index (χ0v) is 11.2. The van der Waals surface area contributed by atoms with Gasteiger partial charge in [0.2, 0.25) is 11.8 Å². The number of nitrogens with zero attached hydrogens (tertiary/aromatic N) is 2. The van der Waals surface area contributed by atoms with Gasteiger partial charge in [0.25, 0.3) is 0 Å². The first kappa shape index (κ1) is 14.9. The molecule has 18 heavy (non-hydrogen) atoms. The molecule has 0 spiro atoms. The molecule has 0 bridgehead atoms. The molecule has 0 unspecified atom stereocenters. The summed E-state index contributed by atoms with van der Waals surface area (Å²) in [5.74, 6) is -0.405. The highest BCUT2D eigenvalue weighted by molar-refractivity contribution is 5.78. The fraction of sp³-hybridized carbons (Fsp3) is 0.833. The number of amides is 2. The second-order valence-corrected chi connectivity index (χ2v) is 5.35. The second kappa shape index (κ2) is 6.15. The van der Waals surface area contributed by atoms with Crippen LogP contribution in [-0.2, 0) is 9.59 Å². The Balaban J connectivity index is 2.54. The van der Waals surface area contributed by atoms with E-state index in [1.165, 1.54) is 0 Å². The minimum absolute atomic E-state index is 0.0113. The lowest BCUT2D eigenvalue weighted by molar-refractivity contribution is -0.139. The molecule has 1 saturated heterocycles. The molecule has 0 aromatic rings. The molecule has 6 heteroatoms. The van der Waals surface area contributed by atoms with Crippen molar-refractivity contribution in [1.82, 2.24) is 9.80 Å². The molecule has 1 aliphatic rings. The fourth-order valence-electron chi connectivity index (χ4n) is 2.26. The molecule has 1 aliphatic heterocycles. The molecule has 0 radical (unpaired) electrons. The summed E-state index contributed by atoms with van der Waals surface area (Å²) in [6.45, 7) is 1.31. The van der Waals surface area contributed by atoms with Gasteiger partial charge in [0.1, 0.15) is 0 Å². The Labute approximate surface area is 108 Å². The van der Waals surface area contributed by atoms with Crippen LogP contribution in [0.25, 0.3) is 0 Å². The SMILES string of the molecule is CN(C)CC(=O)N1CCC[C@](O)(CCC(N)=O)C1. The topological polar surface area (TPSA) is 86.9 Å². The smallest absolute Gasteiger partial charge is 0.236 e. The minimum atomic E-state index is -0.963. The number of β-amino-alcohol motifs (C(OH)–C–C–N with tert-alkyl or cyclic N) is 1. The maximum absolute atomic E-state index is 11.9. The average molecular weight is 257 g/mol. The van der Waals surface area contributed by atoms with E-state index in [2.05, 4.69) is 0 Å². The van der Waals surface area contributed by atoms with Crippen molar-refractivity contribution in [2.45, 2.75) is 31.3 Å². The van der Waals surface area contributed by atoms with E-state index in [4.69, 9.17) is 5.73 Å². The Bertz CT molecular complexity index is 320. The summed E-state index contributed by atoms with van der Waals surface area (Å²) >= 11 is 0. The van der Waals surface area contributed by atoms with E-state index in [0.29, 0.717) is 32.5 Å². The van der Waals surface area contributed by atoms with Gasteiger partial charge in [-0.1, -0.05) is 0 Å². The van der Waals surface area contributed by atoms with Crippen LogP contribution in [0.4, 0.5) is 0 Å². The number of primary amides is 1. The number of piperidine rings is 1. The summed E-state index contributed by atoms with van der Waals surface area (Å²) in [5, 5.41) is 10.4. The number of rotatable bonds is 5. The molecule has 1 atom stereocenters. The monoisotopic (exact) mass is 257 g/mol. The van der Waals surface area contributed by atoms with Gasteiger partial charge in [-0.05, 0) is 33.4 Å². The van der Waals surface area contributed by atoms with Crippen molar-refractivity contribution in [2.75, 3.05) is 33.7 Å². The van der Waals surface area contributed by atoms with Gasteiger partial charge in [0.05, 0.1) is 12.1 Å². The van der Waals surface area contributed by atoms with Gasteiger partial charge < -0.3 is 20.6 Å². The highest BCUT2D eigenvalue weighted by Gasteiger charge is 2.35. The molecule has 1 fully saturated rings. The molecule has 0 aromatic heterocycles. The average Bonchev–Trinajstić information content (AvgIpc) is 2.26. The van der Waals surface area contributed by atoms with Gasteiger partial charge in [-0.3, -0.25) is 9.59 Å². The Hall–Kier alpha value is -1.14. The first-order chi connectivity index (χ1) is 8.32. The summed E-state index contributed by atoms with van der Waals surface area (Å²) in [7, 11) is 3.67. The first-order valence-electron chi connectivity index (χ1n) is 6.26. The highest BCUT2D eigenvalue weighted by Crippen LogP contribution is 2.25. The maximum atomic E-state index is 11.9. The van der Waals surface area contributed by atoms with E-state index >= 15 is 0 Å². The van der Waals surface area contributed by atoms with Crippen LogP contribution >= 0.6 is 0 Å². The van der Waals surface area contributed by atoms with E-state index in [1.807, 2.05) is 14.1 Å². The molecule has 104 valence electrons. The third kappa shape index (κ3) is 4.62. The lowest BCUT2D eigenvalue weighted by Gasteiger charge is -2.39. The number of likely N-dealkylation sites (tertiary alicyclic amines) is 1. The highest BCUT2D eigenvalue weighted by atomic mass is 16.3. The van der Waals surface area contributed by atoms with Crippen LogP contribution in [-0.4, -0.2) is 66.1 Å². The van der Waals surface area contributed by atoms with Crippen molar-refractivity contribution in [3.63, 3.8) is 0 Å². The maximum Gasteiger partial charge on any atom is 0.236 e. The Kier molecular flexibility index (Phi) is 5.10. The Morgan fingerprint density at radius 1 is 1.44 bits per heavy atom. The van der Waals surface area contributed by atoms with E-state index < -0.39 is 11.5 Å². The van der Waals surface area contributed by atoms with Crippen LogP contribution in [0, 0.1) is 0 Å². The van der Waals surface area contributed by atoms with E-state index in [-0.39, 0.29) is 12.3 Å². The number of nitrogens with two attached hydrogens (primary N) is 1. The van der Waals surface area contributed by atoms with Crippen LogP contribution < -0.4 is 5.73 Å². The van der Waals surface area contributed by atoms with Crippen molar-refractivity contribution >= 4 is 11.8 Å². The summed E-state index contributed by atoms with van der Waals surface area (Å²) < 4.78 is 0. The zero-order valence-electron chi connectivity index (χ0n) is 11.2. The summed E-state index contributed by atoms with van der Waals surface area (Å²) in [4.78, 5) is 26.2. The Morgan fingerprint density at radius 2 is 2.11 bits per heavy atom. The molecule has 0 aromatic carbocycles. The van der Waals surface area contributed by atoms with Gasteiger partial charge in [-0.25, -0.2) is 0 Å². The number of hydrogen-bond acceptors (Lipinski definition) is 4. The standard InChI is InChI=1S/C12H23N3O3/c1-14(2)8-11(17)15-7-3-5-12(18,9-15)6-4-10(13)16/h18H,3-9H2,1-2H3,(H2,13,16)/t12-/m0/s1. The van der Waals surface area contributed by atoms with Gasteiger partial charge in [0, 0.05) is 19.5 Å². The number of aliphatic hydroxyl groups is 1. The third-order valence-electron chi connectivity index (χ3n) is 3.20. The molecule has 3 N–H and O–H groups in total. The molecular formula is C12H23N3O3. The van der Waals surface area contributed by atoms with E-state index in [0.717, 1.165) is 6.42 Å². The zero-order chi connectivity index (χ0) is 13.8.